The second kappa shape index (κ2) is 12.0. The van der Waals surface area contributed by atoms with Crippen LogP contribution < -0.4 is 10.6 Å². The fourth-order valence-electron chi connectivity index (χ4n) is 4.04. The van der Waals surface area contributed by atoms with Crippen molar-refractivity contribution in [2.75, 3.05) is 32.7 Å². The van der Waals surface area contributed by atoms with Gasteiger partial charge in [-0.1, -0.05) is 11.8 Å². The van der Waals surface area contributed by atoms with Crippen molar-refractivity contribution >= 4 is 29.6 Å². The summed E-state index contributed by atoms with van der Waals surface area (Å²) in [6.07, 6.45) is -3.08. The Balaban J connectivity index is 0.000000479. The van der Waals surface area contributed by atoms with Crippen LogP contribution in [0.15, 0.2) is 18.2 Å². The number of hydrogen-bond acceptors (Lipinski definition) is 7. The number of nitrogens with one attached hydrogen (secondary N) is 2. The normalized spacial score (nSPS) is 19.9. The lowest BCUT2D eigenvalue weighted by atomic mass is 10.0. The summed E-state index contributed by atoms with van der Waals surface area (Å²) in [4.78, 5) is 61.3. The second-order valence-corrected chi connectivity index (χ2v) is 8.51. The summed E-state index contributed by atoms with van der Waals surface area (Å²) < 4.78 is 31.7. The Bertz CT molecular complexity index is 1150. The van der Waals surface area contributed by atoms with Crippen LogP contribution in [0.4, 0.5) is 13.2 Å². The molecule has 0 spiro atoms. The number of imide groups is 2. The number of benzene rings is 1. The van der Waals surface area contributed by atoms with Gasteiger partial charge in [0.1, 0.15) is 6.04 Å². The summed E-state index contributed by atoms with van der Waals surface area (Å²) in [5, 5.41) is 12.7. The van der Waals surface area contributed by atoms with Crippen molar-refractivity contribution < 1.29 is 42.3 Å². The van der Waals surface area contributed by atoms with Crippen molar-refractivity contribution in [1.82, 2.24) is 20.4 Å². The summed E-state index contributed by atoms with van der Waals surface area (Å²) in [6.45, 7) is 5.22. The minimum atomic E-state index is -5.08. The third-order valence-electron chi connectivity index (χ3n) is 5.90. The molecule has 4 amide bonds. The van der Waals surface area contributed by atoms with Crippen LogP contribution in [-0.4, -0.2) is 89.4 Å². The maximum Gasteiger partial charge on any atom is 0.490 e. The number of amides is 4. The number of rotatable bonds is 4. The zero-order chi connectivity index (χ0) is 27.2. The van der Waals surface area contributed by atoms with E-state index >= 15 is 0 Å². The average molecular weight is 522 g/mol. The summed E-state index contributed by atoms with van der Waals surface area (Å²) >= 11 is 0. The molecule has 3 aliphatic rings. The molecule has 1 aromatic rings. The Labute approximate surface area is 210 Å². The summed E-state index contributed by atoms with van der Waals surface area (Å²) in [6, 6.07) is 3.98. The molecule has 2 saturated heterocycles. The van der Waals surface area contributed by atoms with Crippen LogP contribution in [-0.2, 0) is 14.4 Å². The van der Waals surface area contributed by atoms with Crippen LogP contribution >= 0.6 is 0 Å². The van der Waals surface area contributed by atoms with Gasteiger partial charge in [-0.3, -0.25) is 29.4 Å². The third kappa shape index (κ3) is 7.14. The van der Waals surface area contributed by atoms with Crippen molar-refractivity contribution in [3.63, 3.8) is 0 Å². The zero-order valence-electron chi connectivity index (χ0n) is 19.7. The first-order chi connectivity index (χ1) is 17.5. The lowest BCUT2D eigenvalue weighted by molar-refractivity contribution is -0.192. The molecule has 3 N–H and O–H groups in total. The Morgan fingerprint density at radius 3 is 2.35 bits per heavy atom. The van der Waals surface area contributed by atoms with Crippen molar-refractivity contribution in [2.45, 2.75) is 37.9 Å². The molecule has 1 aromatic carbocycles. The van der Waals surface area contributed by atoms with Gasteiger partial charge in [0.25, 0.3) is 11.8 Å². The van der Waals surface area contributed by atoms with Gasteiger partial charge in [-0.05, 0) is 37.6 Å². The molecule has 10 nitrogen and oxygen atoms in total. The summed E-state index contributed by atoms with van der Waals surface area (Å²) in [5.74, 6) is 1.45. The number of alkyl halides is 3. The Kier molecular flexibility index (Phi) is 9.01. The number of unbranched alkanes of at least 4 members (excludes halogenated alkanes) is 1. The molecule has 3 heterocycles. The number of halogens is 3. The first-order valence-corrected chi connectivity index (χ1v) is 11.6. The third-order valence-corrected chi connectivity index (χ3v) is 5.90. The standard InChI is InChI=1S/C22H24N4O4.C2HF3O2/c27-19-8-7-18(20(28)24-19)26-21(29)16-6-5-15(14-17(16)22(26)30)4-2-1-3-11-25-12-9-23-10-13-25;3-2(4,5)1(6)7/h5-6,14,18,23H,1,3,7-13H2,(H,24,27,28);(H,6,7). The molecule has 37 heavy (non-hydrogen) atoms. The quantitative estimate of drug-likeness (QED) is 0.300. The van der Waals surface area contributed by atoms with Gasteiger partial charge < -0.3 is 15.3 Å². The average Bonchev–Trinajstić information content (AvgIpc) is 3.09. The molecule has 1 unspecified atom stereocenters. The number of carbonyl (C=O) groups is 5. The number of carboxylic acids is 1. The molecular formula is C24H25F3N4O6. The fraction of sp³-hybridized carbons (Fsp3) is 0.458. The number of piperidine rings is 1. The summed E-state index contributed by atoms with van der Waals surface area (Å²) in [5.41, 5.74) is 1.20. The summed E-state index contributed by atoms with van der Waals surface area (Å²) in [7, 11) is 0. The van der Waals surface area contributed by atoms with E-state index in [1.165, 1.54) is 0 Å². The number of carbonyl (C=O) groups excluding carboxylic acids is 4. The molecule has 13 heteroatoms. The van der Waals surface area contributed by atoms with Crippen LogP contribution in [0.25, 0.3) is 0 Å². The first kappa shape index (κ1) is 27.8. The first-order valence-electron chi connectivity index (χ1n) is 11.6. The van der Waals surface area contributed by atoms with E-state index in [1.54, 1.807) is 18.2 Å². The van der Waals surface area contributed by atoms with Gasteiger partial charge in [-0.2, -0.15) is 13.2 Å². The topological polar surface area (TPSA) is 136 Å². The number of nitrogens with zero attached hydrogens (tertiary/aromatic N) is 2. The maximum atomic E-state index is 12.8. The molecule has 0 saturated carbocycles. The van der Waals surface area contributed by atoms with E-state index < -0.39 is 35.9 Å². The second-order valence-electron chi connectivity index (χ2n) is 8.51. The monoisotopic (exact) mass is 522 g/mol. The van der Waals surface area contributed by atoms with Gasteiger partial charge in [-0.25, -0.2) is 4.79 Å². The Hall–Kier alpha value is -3.76. The minimum Gasteiger partial charge on any atom is -0.475 e. The van der Waals surface area contributed by atoms with E-state index in [9.17, 15) is 32.3 Å². The van der Waals surface area contributed by atoms with Crippen LogP contribution in [0, 0.1) is 11.8 Å². The Morgan fingerprint density at radius 2 is 1.73 bits per heavy atom. The molecule has 3 aliphatic heterocycles. The number of piperazine rings is 1. The fourth-order valence-corrected chi connectivity index (χ4v) is 4.04. The van der Waals surface area contributed by atoms with Crippen molar-refractivity contribution in [1.29, 1.82) is 0 Å². The van der Waals surface area contributed by atoms with E-state index in [-0.39, 0.29) is 29.9 Å². The molecule has 0 aliphatic carbocycles. The molecular weight excluding hydrogens is 497 g/mol. The molecule has 0 aromatic heterocycles. The molecule has 0 radical (unpaired) electrons. The van der Waals surface area contributed by atoms with Crippen LogP contribution in [0.1, 0.15) is 52.0 Å². The highest BCUT2D eigenvalue weighted by Gasteiger charge is 2.44. The number of aliphatic carboxylic acids is 1. The molecule has 198 valence electrons. The van der Waals surface area contributed by atoms with Gasteiger partial charge in [0.2, 0.25) is 11.8 Å². The minimum absolute atomic E-state index is 0.106. The number of hydrogen-bond donors (Lipinski definition) is 3. The van der Waals surface area contributed by atoms with E-state index in [2.05, 4.69) is 27.4 Å². The zero-order valence-corrected chi connectivity index (χ0v) is 19.7. The Morgan fingerprint density at radius 1 is 1.08 bits per heavy atom. The highest BCUT2D eigenvalue weighted by atomic mass is 19.4. The van der Waals surface area contributed by atoms with Gasteiger partial charge in [0, 0.05) is 44.6 Å². The maximum absolute atomic E-state index is 12.8. The highest BCUT2D eigenvalue weighted by Crippen LogP contribution is 2.28. The largest absolute Gasteiger partial charge is 0.490 e. The van der Waals surface area contributed by atoms with E-state index in [0.717, 1.165) is 50.5 Å². The molecule has 2 fully saturated rings. The number of carboxylic acid groups (broad SMARTS) is 1. The lowest BCUT2D eigenvalue weighted by Gasteiger charge is -2.27. The van der Waals surface area contributed by atoms with Crippen molar-refractivity contribution in [3.8, 4) is 11.8 Å². The van der Waals surface area contributed by atoms with Crippen LogP contribution in [0.2, 0.25) is 0 Å². The van der Waals surface area contributed by atoms with Gasteiger partial charge in [0.15, 0.2) is 0 Å². The van der Waals surface area contributed by atoms with Crippen LogP contribution in [0.3, 0.4) is 0 Å². The lowest BCUT2D eigenvalue weighted by Crippen LogP contribution is -2.54. The van der Waals surface area contributed by atoms with Gasteiger partial charge in [-0.15, -0.1) is 0 Å². The predicted molar refractivity (Wildman–Crippen MR) is 122 cm³/mol. The van der Waals surface area contributed by atoms with Crippen molar-refractivity contribution in [2.24, 2.45) is 0 Å². The van der Waals surface area contributed by atoms with Crippen LogP contribution in [0.5, 0.6) is 0 Å². The van der Waals surface area contributed by atoms with E-state index in [1.807, 2.05) is 0 Å². The van der Waals surface area contributed by atoms with Gasteiger partial charge in [0.05, 0.1) is 11.1 Å². The SMILES string of the molecule is O=C(O)C(F)(F)F.O=C1CCC(N2C(=O)c3ccc(C#CCCCN4CCNCC4)cc3C2=O)C(=O)N1. The van der Waals surface area contributed by atoms with E-state index in [0.29, 0.717) is 5.56 Å². The van der Waals surface area contributed by atoms with E-state index in [4.69, 9.17) is 9.90 Å². The van der Waals surface area contributed by atoms with Crippen molar-refractivity contribution in [3.05, 3.63) is 34.9 Å². The molecule has 0 bridgehead atoms. The predicted octanol–water partition coefficient (Wildman–Crippen LogP) is 0.758. The molecule has 1 atom stereocenters. The number of fused-ring (bicyclic) bond motifs is 1. The van der Waals surface area contributed by atoms with Gasteiger partial charge >= 0.3 is 12.1 Å². The smallest absolute Gasteiger partial charge is 0.475 e. The molecule has 4 rings (SSSR count). The highest BCUT2D eigenvalue weighted by molar-refractivity contribution is 6.23.